The predicted molar refractivity (Wildman–Crippen MR) is 165 cm³/mol. The second kappa shape index (κ2) is 9.85. The molecule has 231 valence electrons. The maximum atomic E-state index is 13.1. The van der Waals surface area contributed by atoms with Crippen LogP contribution in [0, 0.1) is 69.0 Å². The average molecular weight is 568 g/mol. The molecule has 1 radical (unpaired) electrons. The van der Waals surface area contributed by atoms with Crippen molar-refractivity contribution in [1.29, 1.82) is 0 Å². The van der Waals surface area contributed by atoms with Crippen LogP contribution in [-0.2, 0) is 14.3 Å². The molecule has 4 nitrogen and oxygen atoms in total. The Morgan fingerprint density at radius 2 is 1.54 bits per heavy atom. The molecular formula is C37H59O4. The minimum atomic E-state index is -0.868. The number of aliphatic carboxylic acids is 1. The number of carbonyl (C=O) groups is 2. The lowest BCUT2D eigenvalue weighted by molar-refractivity contribution is -0.248. The highest BCUT2D eigenvalue weighted by Crippen LogP contribution is 2.77. The van der Waals surface area contributed by atoms with E-state index in [4.69, 9.17) is 11.7 Å². The van der Waals surface area contributed by atoms with E-state index >= 15 is 0 Å². The number of allylic oxidation sites excluding steroid dienone is 1. The van der Waals surface area contributed by atoms with Crippen LogP contribution >= 0.6 is 0 Å². The Kier molecular flexibility index (Phi) is 7.47. The number of rotatable bonds is 6. The summed E-state index contributed by atoms with van der Waals surface area (Å²) >= 11 is 0. The fourth-order valence-electron chi connectivity index (χ4n) is 12.5. The Bertz CT molecular complexity index is 1090. The number of hydrogen-bond acceptors (Lipinski definition) is 3. The van der Waals surface area contributed by atoms with Gasteiger partial charge in [0.2, 0.25) is 0 Å². The highest BCUT2D eigenvalue weighted by molar-refractivity contribution is 5.73. The lowest BCUT2D eigenvalue weighted by Gasteiger charge is -2.73. The minimum absolute atomic E-state index is 0.0277. The molecule has 0 spiro atoms. The monoisotopic (exact) mass is 567 g/mol. The Labute approximate surface area is 250 Å². The highest BCUT2D eigenvalue weighted by atomic mass is 16.5. The summed E-state index contributed by atoms with van der Waals surface area (Å²) in [6.07, 6.45) is 12.2. The molecule has 5 fully saturated rings. The van der Waals surface area contributed by atoms with E-state index in [0.29, 0.717) is 34.5 Å². The van der Waals surface area contributed by atoms with Gasteiger partial charge in [-0.1, -0.05) is 60.6 Å². The molecule has 5 aliphatic carbocycles. The second-order valence-corrected chi connectivity index (χ2v) is 17.8. The summed E-state index contributed by atoms with van der Waals surface area (Å²) in [4.78, 5) is 24.4. The van der Waals surface area contributed by atoms with E-state index in [1.54, 1.807) is 0 Å². The fourth-order valence-corrected chi connectivity index (χ4v) is 12.5. The first-order chi connectivity index (χ1) is 18.8. The van der Waals surface area contributed by atoms with Crippen molar-refractivity contribution in [2.45, 2.75) is 139 Å². The van der Waals surface area contributed by atoms with Crippen LogP contribution in [0.15, 0.2) is 12.2 Å². The van der Waals surface area contributed by atoms with Crippen molar-refractivity contribution in [3.8, 4) is 0 Å². The SMILES string of the molecule is [CH2][C@]12CC[C@@H](C(=C)C)[C@@H]1[C@H]1CC[C@@H]3[C@@]4(C)CC[C@H](OC(=O)CC(C)(C)CC(=O)O)C(C)(C)[C@@H]4CC[C@@]3(C)[C@]1(C)CC2. The summed E-state index contributed by atoms with van der Waals surface area (Å²) in [5, 5.41) is 9.27. The zero-order valence-electron chi connectivity index (χ0n) is 27.5. The third-order valence-corrected chi connectivity index (χ3v) is 14.7. The van der Waals surface area contributed by atoms with Gasteiger partial charge in [0.1, 0.15) is 6.10 Å². The molecule has 1 N–H and O–H groups in total. The molecule has 0 aromatic carbocycles. The number of carbonyl (C=O) groups excluding carboxylic acids is 1. The largest absolute Gasteiger partial charge is 0.481 e. The Hall–Kier alpha value is -1.32. The van der Waals surface area contributed by atoms with Gasteiger partial charge in [0, 0.05) is 5.41 Å². The number of carboxylic acid groups (broad SMARTS) is 1. The van der Waals surface area contributed by atoms with Gasteiger partial charge >= 0.3 is 11.9 Å². The molecule has 0 amide bonds. The van der Waals surface area contributed by atoms with Crippen molar-refractivity contribution in [3.05, 3.63) is 19.1 Å². The Morgan fingerprint density at radius 1 is 0.854 bits per heavy atom. The minimum Gasteiger partial charge on any atom is -0.481 e. The summed E-state index contributed by atoms with van der Waals surface area (Å²) in [7, 11) is 0. The Morgan fingerprint density at radius 3 is 2.17 bits per heavy atom. The molecule has 5 saturated carbocycles. The van der Waals surface area contributed by atoms with Crippen LogP contribution in [0.5, 0.6) is 0 Å². The smallest absolute Gasteiger partial charge is 0.306 e. The van der Waals surface area contributed by atoms with Gasteiger partial charge in [0.05, 0.1) is 12.8 Å². The first-order valence-electron chi connectivity index (χ1n) is 16.7. The first kappa shape index (κ1) is 31.1. The number of ether oxygens (including phenoxy) is 1. The molecule has 0 unspecified atom stereocenters. The van der Waals surface area contributed by atoms with Crippen LogP contribution in [0.25, 0.3) is 0 Å². The van der Waals surface area contributed by atoms with Crippen molar-refractivity contribution >= 4 is 11.9 Å². The number of fused-ring (bicyclic) bond motifs is 7. The number of hydrogen-bond donors (Lipinski definition) is 1. The second-order valence-electron chi connectivity index (χ2n) is 17.8. The van der Waals surface area contributed by atoms with Gasteiger partial charge in [-0.2, -0.15) is 0 Å². The molecule has 5 aliphatic rings. The van der Waals surface area contributed by atoms with Crippen molar-refractivity contribution < 1.29 is 19.4 Å². The van der Waals surface area contributed by atoms with E-state index < -0.39 is 11.4 Å². The molecule has 0 aliphatic heterocycles. The van der Waals surface area contributed by atoms with Gasteiger partial charge in [0.15, 0.2) is 0 Å². The molecule has 41 heavy (non-hydrogen) atoms. The van der Waals surface area contributed by atoms with Gasteiger partial charge in [-0.3, -0.25) is 9.59 Å². The maximum absolute atomic E-state index is 13.1. The number of carboxylic acids is 1. The summed E-state index contributed by atoms with van der Waals surface area (Å²) in [5.41, 5.74) is 1.78. The lowest BCUT2D eigenvalue weighted by atomic mass is 9.32. The van der Waals surface area contributed by atoms with Gasteiger partial charge in [-0.15, -0.1) is 0 Å². The molecule has 0 heterocycles. The molecule has 0 saturated heterocycles. The lowest BCUT2D eigenvalue weighted by Crippen LogP contribution is -2.66. The average Bonchev–Trinajstić information content (AvgIpc) is 3.18. The van der Waals surface area contributed by atoms with E-state index in [9.17, 15) is 14.7 Å². The van der Waals surface area contributed by atoms with Crippen LogP contribution < -0.4 is 0 Å². The van der Waals surface area contributed by atoms with Crippen LogP contribution in [-0.4, -0.2) is 23.1 Å². The normalized spacial score (nSPS) is 46.9. The standard InChI is InChI=1S/C37H59O4/c1-23(2)24-13-16-34(7)19-20-36(9)25(31(24)34)11-12-27-35(8)17-15-28(33(5,6)26(35)14-18-37(27,36)10)41-30(40)22-32(3,4)21-29(38)39/h24-28,31H,1,7,11-22H2,2-6,8-10H3,(H,38,39)/t24-,25+,26-,27+,28-,31+,34+,35-,36+,37+/m0/s1. The van der Waals surface area contributed by atoms with Crippen molar-refractivity contribution in [2.75, 3.05) is 0 Å². The van der Waals surface area contributed by atoms with Crippen LogP contribution in [0.1, 0.15) is 132 Å². The highest BCUT2D eigenvalue weighted by Gasteiger charge is 2.70. The molecule has 0 aromatic heterocycles. The van der Waals surface area contributed by atoms with Gasteiger partial charge in [-0.05, 0) is 135 Å². The molecule has 4 heteroatoms. The van der Waals surface area contributed by atoms with Gasteiger partial charge in [0.25, 0.3) is 0 Å². The first-order valence-corrected chi connectivity index (χ1v) is 16.7. The van der Waals surface area contributed by atoms with Gasteiger partial charge in [-0.25, -0.2) is 0 Å². The van der Waals surface area contributed by atoms with E-state index in [0.717, 1.165) is 18.8 Å². The summed E-state index contributed by atoms with van der Waals surface area (Å²) < 4.78 is 6.23. The third kappa shape index (κ3) is 4.66. The fraction of sp³-hybridized carbons (Fsp3) is 0.865. The van der Waals surface area contributed by atoms with Crippen LogP contribution in [0.3, 0.4) is 0 Å². The van der Waals surface area contributed by atoms with E-state index in [-0.39, 0.29) is 41.2 Å². The zero-order valence-corrected chi connectivity index (χ0v) is 27.5. The topological polar surface area (TPSA) is 63.6 Å². The molecule has 10 atom stereocenters. The molecule has 0 bridgehead atoms. The van der Waals surface area contributed by atoms with E-state index in [1.807, 2.05) is 13.8 Å². The van der Waals surface area contributed by atoms with Crippen molar-refractivity contribution in [3.63, 3.8) is 0 Å². The molecule has 5 rings (SSSR count). The van der Waals surface area contributed by atoms with Crippen LogP contribution in [0.4, 0.5) is 0 Å². The van der Waals surface area contributed by atoms with Gasteiger partial charge < -0.3 is 9.84 Å². The summed E-state index contributed by atoms with van der Waals surface area (Å²) in [6.45, 7) is 28.0. The van der Waals surface area contributed by atoms with Crippen molar-refractivity contribution in [2.24, 2.45) is 62.1 Å². The quantitative estimate of drug-likeness (QED) is 0.257. The van der Waals surface area contributed by atoms with E-state index in [1.165, 1.54) is 56.9 Å². The Balaban J connectivity index is 1.38. The number of esters is 1. The maximum Gasteiger partial charge on any atom is 0.306 e. The molecular weight excluding hydrogens is 508 g/mol. The van der Waals surface area contributed by atoms with Crippen LogP contribution in [0.2, 0.25) is 0 Å². The summed E-state index contributed by atoms with van der Waals surface area (Å²) in [5.74, 6) is 2.13. The molecule has 0 aromatic rings. The summed E-state index contributed by atoms with van der Waals surface area (Å²) in [6, 6.07) is 0. The van der Waals surface area contributed by atoms with E-state index in [2.05, 4.69) is 48.1 Å². The third-order valence-electron chi connectivity index (χ3n) is 14.7. The van der Waals surface area contributed by atoms with Crippen molar-refractivity contribution in [1.82, 2.24) is 0 Å². The zero-order chi connectivity index (χ0) is 30.4. The predicted octanol–water partition coefficient (Wildman–Crippen LogP) is 9.28.